The maximum absolute atomic E-state index is 11.4. The van der Waals surface area contributed by atoms with Gasteiger partial charge in [-0.25, -0.2) is 4.79 Å². The van der Waals surface area contributed by atoms with Gasteiger partial charge in [0.2, 0.25) is 0 Å². The number of nitrogens with one attached hydrogen (secondary N) is 1. The van der Waals surface area contributed by atoms with Crippen LogP contribution in [-0.2, 0) is 0 Å². The standard InChI is InChI=1S/C9H5BrClN3O2/c10-6-3-5(1-2-7(6)11)14-9(16)13-8(15)4-12-14/h1-4H,(H,13,15,16). The van der Waals surface area contributed by atoms with E-state index < -0.39 is 11.2 Å². The third-order valence-corrected chi connectivity index (χ3v) is 3.07. The summed E-state index contributed by atoms with van der Waals surface area (Å²) in [4.78, 5) is 24.4. The molecule has 5 nitrogen and oxygen atoms in total. The van der Waals surface area contributed by atoms with Gasteiger partial charge in [0.1, 0.15) is 6.20 Å². The highest BCUT2D eigenvalue weighted by Gasteiger charge is 2.04. The molecule has 16 heavy (non-hydrogen) atoms. The topological polar surface area (TPSA) is 67.8 Å². The van der Waals surface area contributed by atoms with Gasteiger partial charge in [0.15, 0.2) is 0 Å². The fourth-order valence-corrected chi connectivity index (χ4v) is 1.64. The summed E-state index contributed by atoms with van der Waals surface area (Å²) >= 11 is 9.06. The van der Waals surface area contributed by atoms with Gasteiger partial charge in [-0.1, -0.05) is 11.6 Å². The Morgan fingerprint density at radius 2 is 2.12 bits per heavy atom. The van der Waals surface area contributed by atoms with Crippen molar-refractivity contribution in [3.05, 3.63) is 54.7 Å². The molecule has 7 heteroatoms. The molecule has 82 valence electrons. The maximum atomic E-state index is 11.4. The van der Waals surface area contributed by atoms with Crippen molar-refractivity contribution < 1.29 is 0 Å². The summed E-state index contributed by atoms with van der Waals surface area (Å²) in [6.45, 7) is 0. The second-order valence-electron chi connectivity index (χ2n) is 2.95. The summed E-state index contributed by atoms with van der Waals surface area (Å²) in [6, 6.07) is 4.88. The van der Waals surface area contributed by atoms with E-state index in [4.69, 9.17) is 11.6 Å². The minimum atomic E-state index is -0.596. The average molecular weight is 303 g/mol. The van der Waals surface area contributed by atoms with E-state index in [1.807, 2.05) is 0 Å². The highest BCUT2D eigenvalue weighted by atomic mass is 79.9. The minimum absolute atomic E-state index is 0.512. The fraction of sp³-hybridized carbons (Fsp3) is 0. The Labute approximate surface area is 103 Å². The van der Waals surface area contributed by atoms with Crippen LogP contribution in [0.2, 0.25) is 5.02 Å². The molecule has 2 aromatic rings. The van der Waals surface area contributed by atoms with Crippen molar-refractivity contribution in [2.45, 2.75) is 0 Å². The number of aromatic nitrogens is 3. The van der Waals surface area contributed by atoms with Crippen molar-refractivity contribution in [1.82, 2.24) is 14.8 Å². The molecule has 0 radical (unpaired) electrons. The lowest BCUT2D eigenvalue weighted by Crippen LogP contribution is -2.30. The highest BCUT2D eigenvalue weighted by molar-refractivity contribution is 9.10. The zero-order valence-electron chi connectivity index (χ0n) is 7.78. The lowest BCUT2D eigenvalue weighted by molar-refractivity contribution is 0.749. The Balaban J connectivity index is 2.63. The number of aromatic amines is 1. The fourth-order valence-electron chi connectivity index (χ4n) is 1.15. The van der Waals surface area contributed by atoms with Gasteiger partial charge < -0.3 is 0 Å². The number of hydrogen-bond acceptors (Lipinski definition) is 3. The first-order valence-corrected chi connectivity index (χ1v) is 5.39. The Kier molecular flexibility index (Phi) is 2.93. The Bertz CT molecular complexity index is 650. The third-order valence-electron chi connectivity index (χ3n) is 1.86. The number of H-pyrrole nitrogens is 1. The molecular weight excluding hydrogens is 297 g/mol. The van der Waals surface area contributed by atoms with Gasteiger partial charge in [-0.2, -0.15) is 9.78 Å². The smallest absolute Gasteiger partial charge is 0.271 e. The lowest BCUT2D eigenvalue weighted by Gasteiger charge is -2.03. The third kappa shape index (κ3) is 2.07. The summed E-state index contributed by atoms with van der Waals surface area (Å²) in [5.41, 5.74) is -0.617. The monoisotopic (exact) mass is 301 g/mol. The molecule has 0 atom stereocenters. The quantitative estimate of drug-likeness (QED) is 0.864. The van der Waals surface area contributed by atoms with E-state index in [9.17, 15) is 9.59 Å². The molecule has 1 aromatic heterocycles. The van der Waals surface area contributed by atoms with E-state index in [1.54, 1.807) is 18.2 Å². The van der Waals surface area contributed by atoms with Crippen molar-refractivity contribution in [3.8, 4) is 5.69 Å². The molecule has 0 fully saturated rings. The molecule has 0 aliphatic heterocycles. The van der Waals surface area contributed by atoms with E-state index in [0.29, 0.717) is 15.2 Å². The normalized spacial score (nSPS) is 10.4. The first kappa shape index (κ1) is 11.1. The Hall–Kier alpha value is -1.40. The molecule has 0 amide bonds. The predicted molar refractivity (Wildman–Crippen MR) is 63.2 cm³/mol. The van der Waals surface area contributed by atoms with E-state index in [0.717, 1.165) is 10.9 Å². The molecule has 1 aromatic carbocycles. The van der Waals surface area contributed by atoms with E-state index in [2.05, 4.69) is 26.0 Å². The molecule has 0 aliphatic carbocycles. The molecule has 0 unspecified atom stereocenters. The van der Waals surface area contributed by atoms with Gasteiger partial charge in [0.05, 0.1) is 10.7 Å². The number of hydrogen-bond donors (Lipinski definition) is 1. The van der Waals surface area contributed by atoms with E-state index in [-0.39, 0.29) is 0 Å². The van der Waals surface area contributed by atoms with Crippen LogP contribution in [0.1, 0.15) is 0 Å². The number of nitrogens with zero attached hydrogens (tertiary/aromatic N) is 2. The molecule has 0 bridgehead atoms. The van der Waals surface area contributed by atoms with Gasteiger partial charge in [-0.3, -0.25) is 9.78 Å². The maximum Gasteiger partial charge on any atom is 0.349 e. The number of benzene rings is 1. The average Bonchev–Trinajstić information content (AvgIpc) is 2.22. The zero-order valence-corrected chi connectivity index (χ0v) is 10.1. The molecule has 0 saturated carbocycles. The van der Waals surface area contributed by atoms with Crippen LogP contribution in [0.4, 0.5) is 0 Å². The minimum Gasteiger partial charge on any atom is -0.271 e. The van der Waals surface area contributed by atoms with Gasteiger partial charge in [-0.15, -0.1) is 0 Å². The molecule has 0 aliphatic rings. The molecule has 0 saturated heterocycles. The van der Waals surface area contributed by atoms with Gasteiger partial charge in [0.25, 0.3) is 5.56 Å². The second kappa shape index (κ2) is 4.23. The summed E-state index contributed by atoms with van der Waals surface area (Å²) in [7, 11) is 0. The van der Waals surface area contributed by atoms with Gasteiger partial charge in [0, 0.05) is 4.47 Å². The van der Waals surface area contributed by atoms with Gasteiger partial charge in [-0.05, 0) is 34.1 Å². The molecular formula is C9H5BrClN3O2. The lowest BCUT2D eigenvalue weighted by atomic mass is 10.3. The van der Waals surface area contributed by atoms with E-state index >= 15 is 0 Å². The van der Waals surface area contributed by atoms with Crippen LogP contribution in [0.25, 0.3) is 5.69 Å². The zero-order chi connectivity index (χ0) is 11.7. The van der Waals surface area contributed by atoms with Crippen LogP contribution in [0.3, 0.4) is 0 Å². The summed E-state index contributed by atoms with van der Waals surface area (Å²) in [5.74, 6) is 0. The van der Waals surface area contributed by atoms with Crippen molar-refractivity contribution in [1.29, 1.82) is 0 Å². The van der Waals surface area contributed by atoms with Crippen molar-refractivity contribution in [2.24, 2.45) is 0 Å². The van der Waals surface area contributed by atoms with Crippen molar-refractivity contribution in [2.75, 3.05) is 0 Å². The van der Waals surface area contributed by atoms with Crippen molar-refractivity contribution in [3.63, 3.8) is 0 Å². The molecule has 2 rings (SSSR count). The first-order chi connectivity index (χ1) is 7.58. The van der Waals surface area contributed by atoms with Crippen molar-refractivity contribution >= 4 is 27.5 Å². The highest BCUT2D eigenvalue weighted by Crippen LogP contribution is 2.23. The molecule has 0 spiro atoms. The van der Waals surface area contributed by atoms with Crippen LogP contribution >= 0.6 is 27.5 Å². The van der Waals surface area contributed by atoms with Crippen LogP contribution < -0.4 is 11.2 Å². The second-order valence-corrected chi connectivity index (χ2v) is 4.21. The van der Waals surface area contributed by atoms with Crippen LogP contribution in [0.5, 0.6) is 0 Å². The van der Waals surface area contributed by atoms with Crippen LogP contribution in [-0.4, -0.2) is 14.8 Å². The number of halogens is 2. The summed E-state index contributed by atoms with van der Waals surface area (Å²) in [6.07, 6.45) is 1.03. The predicted octanol–water partition coefficient (Wildman–Crippen LogP) is 1.34. The Morgan fingerprint density at radius 3 is 2.75 bits per heavy atom. The SMILES string of the molecule is O=c1cnn(-c2ccc(Cl)c(Br)c2)c(=O)[nH]1. The summed E-state index contributed by atoms with van der Waals surface area (Å²) in [5, 5.41) is 4.24. The first-order valence-electron chi connectivity index (χ1n) is 4.22. The summed E-state index contributed by atoms with van der Waals surface area (Å²) < 4.78 is 1.72. The van der Waals surface area contributed by atoms with Crippen LogP contribution in [0, 0.1) is 0 Å². The largest absolute Gasteiger partial charge is 0.349 e. The Morgan fingerprint density at radius 1 is 1.38 bits per heavy atom. The van der Waals surface area contributed by atoms with Gasteiger partial charge >= 0.3 is 5.69 Å². The number of rotatable bonds is 1. The molecule has 1 N–H and O–H groups in total. The van der Waals surface area contributed by atoms with E-state index in [1.165, 1.54) is 0 Å². The van der Waals surface area contributed by atoms with Crippen LogP contribution in [0.15, 0.2) is 38.5 Å². The molecule has 1 heterocycles.